The Morgan fingerprint density at radius 1 is 0.452 bits per heavy atom. The topological polar surface area (TPSA) is 55.4 Å². The van der Waals surface area contributed by atoms with Gasteiger partial charge in [0.1, 0.15) is 35.2 Å². The second kappa shape index (κ2) is 31.7. The molecule has 0 N–H and O–H groups in total. The van der Waals surface area contributed by atoms with Gasteiger partial charge in [0.15, 0.2) is 0 Å². The van der Waals surface area contributed by atoms with Gasteiger partial charge in [0.2, 0.25) is 0 Å². The summed E-state index contributed by atoms with van der Waals surface area (Å²) < 4.78 is 36.6. The number of hydrogen-bond acceptors (Lipinski definition) is 6. The predicted molar refractivity (Wildman–Crippen MR) is 269 cm³/mol. The van der Waals surface area contributed by atoms with E-state index in [4.69, 9.17) is 28.4 Å². The zero-order chi connectivity index (χ0) is 42.0. The first-order chi connectivity index (χ1) is 29.5. The first-order valence-electron chi connectivity index (χ1n) is 23.1. The molecule has 0 spiro atoms. The van der Waals surface area contributed by atoms with Crippen LogP contribution in [0.5, 0.6) is 23.0 Å². The van der Waals surface area contributed by atoms with Crippen molar-refractivity contribution in [1.29, 1.82) is 0 Å². The molecular weight excluding hydrogens is 904 g/mol. The van der Waals surface area contributed by atoms with E-state index in [1.807, 2.05) is 18.2 Å². The summed E-state index contributed by atoms with van der Waals surface area (Å²) in [6.07, 6.45) is 23.3. The van der Waals surface area contributed by atoms with Crippen LogP contribution >= 0.6 is 31.9 Å². The fraction of sp³-hybridized carbons (Fsp3) is 0.556. The Bertz CT molecular complexity index is 1740. The summed E-state index contributed by atoms with van der Waals surface area (Å²) in [5.74, 6) is 3.64. The fourth-order valence-electron chi connectivity index (χ4n) is 7.47. The zero-order valence-electron chi connectivity index (χ0n) is 36.4. The smallest absolute Gasteiger partial charge is 0.134 e. The van der Waals surface area contributed by atoms with Gasteiger partial charge in [0.25, 0.3) is 0 Å². The lowest BCUT2D eigenvalue weighted by molar-refractivity contribution is 0.141. The van der Waals surface area contributed by atoms with Crippen LogP contribution in [-0.2, 0) is 9.47 Å². The number of benzene rings is 4. The quantitative estimate of drug-likeness (QED) is 0.0585. The van der Waals surface area contributed by atoms with Crippen LogP contribution in [0.25, 0.3) is 22.3 Å². The van der Waals surface area contributed by atoms with Gasteiger partial charge in [-0.3, -0.25) is 0 Å². The minimum atomic E-state index is 0. The molecule has 0 saturated carbocycles. The van der Waals surface area contributed by atoms with Crippen molar-refractivity contribution in [2.24, 2.45) is 0 Å². The number of hydrogen-bond donors (Lipinski definition) is 0. The van der Waals surface area contributed by atoms with Crippen molar-refractivity contribution in [2.45, 2.75) is 156 Å². The second-order valence-electron chi connectivity index (χ2n) is 16.2. The van der Waals surface area contributed by atoms with E-state index in [-0.39, 0.29) is 27.1 Å². The normalized spacial score (nSPS) is 15.5. The van der Waals surface area contributed by atoms with Crippen molar-refractivity contribution in [2.75, 3.05) is 39.6 Å². The number of halogens is 2. The van der Waals surface area contributed by atoms with Gasteiger partial charge in [0.05, 0.1) is 48.6 Å². The summed E-state index contributed by atoms with van der Waals surface area (Å²) in [5.41, 5.74) is 4.66. The van der Waals surface area contributed by atoms with Crippen LogP contribution in [0.2, 0.25) is 0 Å². The van der Waals surface area contributed by atoms with Crippen LogP contribution in [0.3, 0.4) is 0 Å². The molecule has 62 heavy (non-hydrogen) atoms. The van der Waals surface area contributed by atoms with Crippen molar-refractivity contribution >= 4 is 31.9 Å². The summed E-state index contributed by atoms with van der Waals surface area (Å²) in [5, 5.41) is 0. The average Bonchev–Trinajstić information content (AvgIpc) is 4.00. The van der Waals surface area contributed by atoms with Crippen molar-refractivity contribution in [3.8, 4) is 45.3 Å². The number of rotatable bonds is 26. The lowest BCUT2D eigenvalue weighted by Gasteiger charge is -2.15. The van der Waals surface area contributed by atoms with Crippen molar-refractivity contribution < 1.29 is 28.4 Å². The van der Waals surface area contributed by atoms with Gasteiger partial charge in [0, 0.05) is 12.8 Å². The lowest BCUT2D eigenvalue weighted by atomic mass is 10.1. The molecule has 8 heteroatoms. The average molecular weight is 983 g/mol. The summed E-state index contributed by atoms with van der Waals surface area (Å²) in [7, 11) is 0. The molecule has 2 aliphatic heterocycles. The Balaban J connectivity index is 0.000000321. The number of unbranched alkanes of at least 4 members (excludes halogenated alkanes) is 14. The maximum Gasteiger partial charge on any atom is 0.134 e. The molecule has 0 aromatic heterocycles. The van der Waals surface area contributed by atoms with Crippen molar-refractivity contribution in [1.82, 2.24) is 0 Å². The largest absolute Gasteiger partial charge is 0.494 e. The Morgan fingerprint density at radius 3 is 1.31 bits per heavy atom. The molecule has 2 fully saturated rings. The molecule has 6 rings (SSSR count). The molecule has 2 aliphatic rings. The Hall–Kier alpha value is -3.04. The molecule has 4 aromatic carbocycles. The highest BCUT2D eigenvalue weighted by Gasteiger charge is 2.19. The minimum absolute atomic E-state index is 0. The van der Waals surface area contributed by atoms with Gasteiger partial charge < -0.3 is 28.4 Å². The van der Waals surface area contributed by atoms with Gasteiger partial charge in [-0.25, -0.2) is 0 Å². The SMILES string of the molecule is C.C.CCCCCCCCCCOc1ccc(-c2ccc(OC3CCOC3)c(Br)c2)cc1Br.CCCCCCCCCCOc1ccc(-c2ccc(OC3CCOC3)cc2)cc1. The van der Waals surface area contributed by atoms with Gasteiger partial charge in [-0.05, 0) is 115 Å². The molecule has 6 nitrogen and oxygen atoms in total. The number of ether oxygens (including phenoxy) is 6. The fourth-order valence-corrected chi connectivity index (χ4v) is 8.44. The standard InChI is InChI=1S/C26H34Br2O3.C26H36O3.2CH4/c1-2-3-4-5-6-7-8-9-15-30-25-12-10-20(17-23(25)27)21-11-13-26(24(28)18-21)31-22-14-16-29-19-22;1-2-3-4-5-6-7-8-9-19-28-24-14-10-22(11-15-24)23-12-16-25(17-13-23)29-26-18-20-27-21-26;;/h10-13,17-18,22H,2-9,14-16,19H2,1H3;10-17,26H,2-9,18-21H2,1H3;2*1H4. The summed E-state index contributed by atoms with van der Waals surface area (Å²) >= 11 is 7.33. The Morgan fingerprint density at radius 2 is 0.855 bits per heavy atom. The zero-order valence-corrected chi connectivity index (χ0v) is 39.6. The van der Waals surface area contributed by atoms with E-state index >= 15 is 0 Å². The van der Waals surface area contributed by atoms with Crippen LogP contribution in [-0.4, -0.2) is 51.8 Å². The highest BCUT2D eigenvalue weighted by Crippen LogP contribution is 2.36. The maximum atomic E-state index is 6.04. The molecule has 0 bridgehead atoms. The molecule has 2 atom stereocenters. The van der Waals surface area contributed by atoms with Crippen LogP contribution in [0, 0.1) is 0 Å². The molecule has 4 aromatic rings. The Labute approximate surface area is 393 Å². The third-order valence-electron chi connectivity index (χ3n) is 11.1. The monoisotopic (exact) mass is 980 g/mol. The highest BCUT2D eigenvalue weighted by atomic mass is 79.9. The third kappa shape index (κ3) is 19.8. The highest BCUT2D eigenvalue weighted by molar-refractivity contribution is 9.11. The van der Waals surface area contributed by atoms with E-state index in [1.165, 1.54) is 101 Å². The van der Waals surface area contributed by atoms with E-state index in [0.717, 1.165) is 95.2 Å². The van der Waals surface area contributed by atoms with Gasteiger partial charge in [-0.15, -0.1) is 0 Å². The molecule has 344 valence electrons. The first kappa shape index (κ1) is 53.3. The molecular formula is C54H78Br2O6. The van der Waals surface area contributed by atoms with Crippen LogP contribution in [0.15, 0.2) is 93.9 Å². The van der Waals surface area contributed by atoms with Gasteiger partial charge in [-0.1, -0.05) is 155 Å². The second-order valence-corrected chi connectivity index (χ2v) is 17.9. The van der Waals surface area contributed by atoms with Gasteiger partial charge in [-0.2, -0.15) is 0 Å². The van der Waals surface area contributed by atoms with Crippen LogP contribution < -0.4 is 18.9 Å². The van der Waals surface area contributed by atoms with Crippen LogP contribution in [0.1, 0.15) is 144 Å². The third-order valence-corrected chi connectivity index (χ3v) is 12.4. The molecule has 2 unspecified atom stereocenters. The van der Waals surface area contributed by atoms with Gasteiger partial charge >= 0.3 is 0 Å². The molecule has 2 saturated heterocycles. The maximum absolute atomic E-state index is 6.04. The van der Waals surface area contributed by atoms with E-state index in [2.05, 4.69) is 112 Å². The van der Waals surface area contributed by atoms with Crippen molar-refractivity contribution in [3.63, 3.8) is 0 Å². The molecule has 0 aliphatic carbocycles. The predicted octanol–water partition coefficient (Wildman–Crippen LogP) is 16.9. The van der Waals surface area contributed by atoms with E-state index in [9.17, 15) is 0 Å². The molecule has 0 amide bonds. The summed E-state index contributed by atoms with van der Waals surface area (Å²) in [6, 6.07) is 29.2. The summed E-state index contributed by atoms with van der Waals surface area (Å²) in [4.78, 5) is 0. The van der Waals surface area contributed by atoms with E-state index in [0.29, 0.717) is 13.2 Å². The minimum Gasteiger partial charge on any atom is -0.494 e. The Kier molecular flexibility index (Phi) is 27.3. The molecule has 2 heterocycles. The first-order valence-corrected chi connectivity index (χ1v) is 24.6. The summed E-state index contributed by atoms with van der Waals surface area (Å²) in [6.45, 7) is 9.06. The molecule has 0 radical (unpaired) electrons. The van der Waals surface area contributed by atoms with E-state index in [1.54, 1.807) is 0 Å². The van der Waals surface area contributed by atoms with Crippen molar-refractivity contribution in [3.05, 3.63) is 93.9 Å². The van der Waals surface area contributed by atoms with Crippen LogP contribution in [0.4, 0.5) is 0 Å². The van der Waals surface area contributed by atoms with E-state index < -0.39 is 0 Å². The lowest BCUT2D eigenvalue weighted by Crippen LogP contribution is -2.15.